The van der Waals surface area contributed by atoms with E-state index in [1.54, 1.807) is 0 Å². The summed E-state index contributed by atoms with van der Waals surface area (Å²) in [5, 5.41) is 7.25. The Morgan fingerprint density at radius 1 is 0.702 bits per heavy atom. The van der Waals surface area contributed by atoms with Gasteiger partial charge < -0.3 is 25.7 Å². The van der Waals surface area contributed by atoms with Crippen LogP contribution in [0, 0.1) is 0 Å². The number of hydrogen-bond donors (Lipinski definition) is 3. The zero-order valence-corrected chi connectivity index (χ0v) is 31.9. The minimum Gasteiger partial charge on any atom is -0.399 e. The quantitative estimate of drug-likeness (QED) is 0.152. The molecule has 6 aromatic rings. The number of aromatic nitrogens is 3. The molecule has 244 valence electrons. The number of nitrogens with one attached hydrogen (secondary N) is 2. The second-order valence-corrected chi connectivity index (χ2v) is 16.4. The Morgan fingerprint density at radius 2 is 1.13 bits per heavy atom. The van der Waals surface area contributed by atoms with Crippen LogP contribution in [-0.2, 0) is 18.9 Å². The zero-order chi connectivity index (χ0) is 34.1. The van der Waals surface area contributed by atoms with Gasteiger partial charge in [0, 0.05) is 22.8 Å². The molecule has 7 rings (SSSR count). The Bertz CT molecular complexity index is 2080. The number of anilines is 3. The van der Waals surface area contributed by atoms with Crippen LogP contribution in [0.4, 0.5) is 15.4 Å². The van der Waals surface area contributed by atoms with E-state index in [1.165, 1.54) is 47.9 Å². The number of amides is 2. The van der Waals surface area contributed by atoms with Gasteiger partial charge in [-0.05, 0) is 81.7 Å². The summed E-state index contributed by atoms with van der Waals surface area (Å²) < 4.78 is 17.4. The molecule has 0 spiro atoms. The maximum Gasteiger partial charge on any atom is 0.494 e. The number of fused-ring (bicyclic) bond motifs is 3. The normalized spacial score (nSPS) is 14.8. The number of nitrogens with two attached hydrogens (primary N) is 1. The van der Waals surface area contributed by atoms with Crippen molar-refractivity contribution in [2.24, 2.45) is 0 Å². The standard InChI is InChI=1S/C15H19BN2O3S.C9H7BrN2OS.C7H5BrN2S/c1-9(19)17-13-18-11-8-10(6-7-12(11)22-13)16-20-14(2,3)15(4,5)21-16;1-5(13)11-9-12-7-4-6(10)2-3-8(7)14-9;8-4-1-2-6-5(3-4)10-7(9)11-6/h6-8H,1-5H3,(H,17,18,19);2-4H,1H3,(H,11,12,13);1-3H,(H2,9,10). The first kappa shape index (κ1) is 35.3. The van der Waals surface area contributed by atoms with Crippen molar-refractivity contribution in [1.29, 1.82) is 0 Å². The van der Waals surface area contributed by atoms with Crippen molar-refractivity contribution in [3.63, 3.8) is 0 Å². The molecule has 0 saturated carbocycles. The number of hydrogen-bond acceptors (Lipinski definition) is 11. The number of halogens is 2. The van der Waals surface area contributed by atoms with E-state index in [-0.39, 0.29) is 23.0 Å². The lowest BCUT2D eigenvalue weighted by atomic mass is 9.79. The molecule has 0 radical (unpaired) electrons. The summed E-state index contributed by atoms with van der Waals surface area (Å²) in [7, 11) is -0.402. The number of carbonyl (C=O) groups is 2. The first-order valence-corrected chi connectivity index (χ1v) is 18.3. The summed E-state index contributed by atoms with van der Waals surface area (Å²) in [4.78, 5) is 34.8. The molecule has 1 aliphatic heterocycles. The van der Waals surface area contributed by atoms with Crippen LogP contribution < -0.4 is 21.8 Å². The van der Waals surface area contributed by atoms with E-state index in [4.69, 9.17) is 15.0 Å². The molecule has 4 N–H and O–H groups in total. The third-order valence-corrected chi connectivity index (χ3v) is 11.0. The van der Waals surface area contributed by atoms with Gasteiger partial charge in [-0.15, -0.1) is 0 Å². The summed E-state index contributed by atoms with van der Waals surface area (Å²) in [6.07, 6.45) is 0. The minimum absolute atomic E-state index is 0.0943. The molecule has 16 heteroatoms. The highest BCUT2D eigenvalue weighted by atomic mass is 79.9. The number of thiazole rings is 3. The molecule has 47 heavy (non-hydrogen) atoms. The van der Waals surface area contributed by atoms with E-state index in [9.17, 15) is 9.59 Å². The molecule has 0 bridgehead atoms. The van der Waals surface area contributed by atoms with Crippen LogP contribution in [0.15, 0.2) is 63.5 Å². The van der Waals surface area contributed by atoms with Gasteiger partial charge in [-0.2, -0.15) is 0 Å². The van der Waals surface area contributed by atoms with E-state index in [0.29, 0.717) is 15.4 Å². The highest BCUT2D eigenvalue weighted by molar-refractivity contribution is 9.10. The number of carbonyl (C=O) groups excluding carboxylic acids is 2. The van der Waals surface area contributed by atoms with E-state index in [2.05, 4.69) is 57.4 Å². The van der Waals surface area contributed by atoms with Crippen LogP contribution in [-0.4, -0.2) is 45.1 Å². The summed E-state index contributed by atoms with van der Waals surface area (Å²) in [5.74, 6) is -0.214. The Kier molecular flexibility index (Phi) is 10.7. The molecule has 4 heterocycles. The van der Waals surface area contributed by atoms with Crippen LogP contribution in [0.1, 0.15) is 41.5 Å². The highest BCUT2D eigenvalue weighted by Gasteiger charge is 2.51. The fourth-order valence-corrected chi connectivity index (χ4v) is 7.49. The van der Waals surface area contributed by atoms with Crippen molar-refractivity contribution < 1.29 is 18.9 Å². The number of benzene rings is 3. The van der Waals surface area contributed by atoms with Crippen molar-refractivity contribution in [1.82, 2.24) is 15.0 Å². The van der Waals surface area contributed by atoms with Gasteiger partial charge in [0.25, 0.3) is 0 Å². The Morgan fingerprint density at radius 3 is 1.62 bits per heavy atom. The SMILES string of the molecule is CC(=O)Nc1nc2cc(B3OC(C)(C)C(C)(C)O3)ccc2s1.CC(=O)Nc1nc2cc(Br)ccc2s1.Nc1nc2cc(Br)ccc2s1. The summed E-state index contributed by atoms with van der Waals surface area (Å²) >= 11 is 11.2. The molecule has 3 aromatic heterocycles. The molecular formula is C31H31BBr2N6O4S3. The van der Waals surface area contributed by atoms with Crippen molar-refractivity contribution in [3.05, 3.63) is 63.5 Å². The predicted octanol–water partition coefficient (Wildman–Crippen LogP) is 8.21. The van der Waals surface area contributed by atoms with Crippen molar-refractivity contribution >= 4 is 136 Å². The van der Waals surface area contributed by atoms with Gasteiger partial charge in [-0.25, -0.2) is 15.0 Å². The minimum atomic E-state index is -0.402. The Hall–Kier alpha value is -2.99. The molecule has 2 amide bonds. The molecule has 0 atom stereocenters. The number of rotatable bonds is 3. The van der Waals surface area contributed by atoms with Crippen LogP contribution in [0.2, 0.25) is 0 Å². The molecule has 3 aromatic carbocycles. The van der Waals surface area contributed by atoms with Crippen LogP contribution in [0.25, 0.3) is 30.6 Å². The lowest BCUT2D eigenvalue weighted by Crippen LogP contribution is -2.41. The van der Waals surface area contributed by atoms with Crippen LogP contribution >= 0.6 is 65.9 Å². The monoisotopic (exact) mass is 816 g/mol. The maximum absolute atomic E-state index is 11.1. The fourth-order valence-electron chi connectivity index (χ4n) is 4.30. The van der Waals surface area contributed by atoms with E-state index >= 15 is 0 Å². The van der Waals surface area contributed by atoms with Gasteiger partial charge in [0.1, 0.15) is 0 Å². The van der Waals surface area contributed by atoms with Gasteiger partial charge in [0.15, 0.2) is 15.4 Å². The predicted molar refractivity (Wildman–Crippen MR) is 203 cm³/mol. The molecule has 1 saturated heterocycles. The lowest BCUT2D eigenvalue weighted by Gasteiger charge is -2.32. The van der Waals surface area contributed by atoms with Gasteiger partial charge in [0.05, 0.1) is 41.9 Å². The molecule has 1 fully saturated rings. The maximum atomic E-state index is 11.1. The first-order chi connectivity index (χ1) is 22.1. The zero-order valence-electron chi connectivity index (χ0n) is 26.3. The number of nitrogens with zero attached hydrogens (tertiary/aromatic N) is 3. The lowest BCUT2D eigenvalue weighted by molar-refractivity contribution is -0.115. The average Bonchev–Trinajstić information content (AvgIpc) is 3.70. The first-order valence-electron chi connectivity index (χ1n) is 14.3. The van der Waals surface area contributed by atoms with E-state index < -0.39 is 7.12 Å². The van der Waals surface area contributed by atoms with Gasteiger partial charge in [0.2, 0.25) is 11.8 Å². The Labute approximate surface area is 300 Å². The summed E-state index contributed by atoms with van der Waals surface area (Å²) in [6, 6.07) is 17.7. The van der Waals surface area contributed by atoms with Crippen molar-refractivity contribution in [2.75, 3.05) is 16.4 Å². The van der Waals surface area contributed by atoms with Crippen molar-refractivity contribution in [2.45, 2.75) is 52.7 Å². The van der Waals surface area contributed by atoms with Gasteiger partial charge in [-0.1, -0.05) is 71.9 Å². The Balaban J connectivity index is 0.000000149. The molecule has 0 unspecified atom stereocenters. The summed E-state index contributed by atoms with van der Waals surface area (Å²) in [5.41, 5.74) is 8.43. The molecule has 10 nitrogen and oxygen atoms in total. The molecule has 1 aliphatic rings. The summed E-state index contributed by atoms with van der Waals surface area (Å²) in [6.45, 7) is 11.1. The molecule has 0 aliphatic carbocycles. The van der Waals surface area contributed by atoms with Crippen LogP contribution in [0.3, 0.4) is 0 Å². The third kappa shape index (κ3) is 8.74. The average molecular weight is 818 g/mol. The third-order valence-electron chi connectivity index (χ3n) is 7.22. The largest absolute Gasteiger partial charge is 0.494 e. The topological polar surface area (TPSA) is 141 Å². The van der Waals surface area contributed by atoms with E-state index in [0.717, 1.165) is 45.1 Å². The van der Waals surface area contributed by atoms with Crippen molar-refractivity contribution in [3.8, 4) is 0 Å². The smallest absolute Gasteiger partial charge is 0.399 e. The number of nitrogen functional groups attached to an aromatic ring is 1. The van der Waals surface area contributed by atoms with E-state index in [1.807, 2.05) is 82.3 Å². The van der Waals surface area contributed by atoms with Gasteiger partial charge in [-0.3, -0.25) is 9.59 Å². The fraction of sp³-hybridized carbons (Fsp3) is 0.258. The molecular weight excluding hydrogens is 787 g/mol. The van der Waals surface area contributed by atoms with Crippen LogP contribution in [0.5, 0.6) is 0 Å². The highest BCUT2D eigenvalue weighted by Crippen LogP contribution is 2.37. The van der Waals surface area contributed by atoms with Gasteiger partial charge >= 0.3 is 7.12 Å². The second kappa shape index (κ2) is 14.2. The second-order valence-electron chi connectivity index (χ2n) is 11.5.